The van der Waals surface area contributed by atoms with Crippen molar-refractivity contribution in [3.8, 4) is 0 Å². The topological polar surface area (TPSA) is 37.3 Å². The quantitative estimate of drug-likeness (QED) is 0.387. The molecule has 0 aliphatic rings. The van der Waals surface area contributed by atoms with Crippen LogP contribution in [0.3, 0.4) is 0 Å². The molecule has 0 unspecified atom stereocenters. The van der Waals surface area contributed by atoms with Gasteiger partial charge in [0, 0.05) is 6.42 Å². The Morgan fingerprint density at radius 3 is 2.00 bits per heavy atom. The summed E-state index contributed by atoms with van der Waals surface area (Å²) in [6.07, 6.45) is 16.9. The van der Waals surface area contributed by atoms with Crippen molar-refractivity contribution >= 4 is 5.97 Å². The number of allylic oxidation sites excluding steroid dienone is 2. The van der Waals surface area contributed by atoms with Crippen molar-refractivity contribution in [2.24, 2.45) is 0 Å². The van der Waals surface area contributed by atoms with Crippen molar-refractivity contribution in [2.45, 2.75) is 77.6 Å². The summed E-state index contributed by atoms with van der Waals surface area (Å²) in [4.78, 5) is 10.3. The van der Waals surface area contributed by atoms with Gasteiger partial charge in [-0.2, -0.15) is 0 Å². The van der Waals surface area contributed by atoms with E-state index < -0.39 is 5.97 Å². The Labute approximate surface area is 106 Å². The van der Waals surface area contributed by atoms with Crippen molar-refractivity contribution in [3.05, 3.63) is 12.2 Å². The summed E-state index contributed by atoms with van der Waals surface area (Å²) in [7, 11) is 0. The Morgan fingerprint density at radius 2 is 1.41 bits per heavy atom. The Morgan fingerprint density at radius 1 is 0.882 bits per heavy atom. The van der Waals surface area contributed by atoms with Crippen LogP contribution in [-0.2, 0) is 4.79 Å². The summed E-state index contributed by atoms with van der Waals surface area (Å²) >= 11 is 0. The molecule has 0 bridgehead atoms. The molecule has 0 aromatic rings. The lowest BCUT2D eigenvalue weighted by Crippen LogP contribution is -1.92. The summed E-state index contributed by atoms with van der Waals surface area (Å²) in [6, 6.07) is 0. The molecule has 17 heavy (non-hydrogen) atoms. The predicted octanol–water partition coefficient (Wildman–Crippen LogP) is 4.94. The SMILES string of the molecule is CCCCCCCCCC=CCCCC(=O)O. The Kier molecular flexibility index (Phi) is 12.7. The van der Waals surface area contributed by atoms with Crippen LogP contribution in [-0.4, -0.2) is 11.1 Å². The maximum absolute atomic E-state index is 10.3. The van der Waals surface area contributed by atoms with Gasteiger partial charge in [-0.05, 0) is 25.7 Å². The molecule has 0 fully saturated rings. The molecule has 0 aromatic carbocycles. The van der Waals surface area contributed by atoms with E-state index in [9.17, 15) is 4.79 Å². The van der Waals surface area contributed by atoms with Gasteiger partial charge in [-0.25, -0.2) is 0 Å². The standard InChI is InChI=1S/C15H28O2/c1-2-3-4-5-6-7-8-9-10-11-12-13-14-15(16)17/h10-11H,2-9,12-14H2,1H3,(H,16,17). The van der Waals surface area contributed by atoms with Gasteiger partial charge in [0.2, 0.25) is 0 Å². The second-order valence-electron chi connectivity index (χ2n) is 4.67. The molecule has 0 aliphatic carbocycles. The van der Waals surface area contributed by atoms with Crippen LogP contribution < -0.4 is 0 Å². The van der Waals surface area contributed by atoms with Gasteiger partial charge in [0.15, 0.2) is 0 Å². The maximum Gasteiger partial charge on any atom is 0.303 e. The molecular weight excluding hydrogens is 212 g/mol. The first-order chi connectivity index (χ1) is 8.27. The molecule has 0 radical (unpaired) electrons. The highest BCUT2D eigenvalue weighted by molar-refractivity contribution is 5.66. The number of carboxylic acid groups (broad SMARTS) is 1. The van der Waals surface area contributed by atoms with E-state index in [2.05, 4.69) is 19.1 Å². The second kappa shape index (κ2) is 13.3. The third-order valence-electron chi connectivity index (χ3n) is 2.90. The zero-order valence-corrected chi connectivity index (χ0v) is 11.3. The van der Waals surface area contributed by atoms with E-state index in [-0.39, 0.29) is 0 Å². The minimum absolute atomic E-state index is 0.293. The fraction of sp³-hybridized carbons (Fsp3) is 0.800. The number of hydrogen-bond acceptors (Lipinski definition) is 1. The average molecular weight is 240 g/mol. The molecule has 100 valence electrons. The van der Waals surface area contributed by atoms with Crippen LogP contribution in [0, 0.1) is 0 Å². The number of rotatable bonds is 12. The van der Waals surface area contributed by atoms with Gasteiger partial charge >= 0.3 is 5.97 Å². The van der Waals surface area contributed by atoms with Crippen molar-refractivity contribution < 1.29 is 9.90 Å². The van der Waals surface area contributed by atoms with Crippen molar-refractivity contribution in [1.82, 2.24) is 0 Å². The Balaban J connectivity index is 3.06. The van der Waals surface area contributed by atoms with E-state index in [1.165, 1.54) is 44.9 Å². The first-order valence-corrected chi connectivity index (χ1v) is 7.14. The first-order valence-electron chi connectivity index (χ1n) is 7.14. The monoisotopic (exact) mass is 240 g/mol. The van der Waals surface area contributed by atoms with Gasteiger partial charge in [-0.1, -0.05) is 57.6 Å². The van der Waals surface area contributed by atoms with E-state index in [1.807, 2.05) is 0 Å². The van der Waals surface area contributed by atoms with E-state index in [0.29, 0.717) is 6.42 Å². The zero-order valence-electron chi connectivity index (χ0n) is 11.3. The van der Waals surface area contributed by atoms with Gasteiger partial charge in [0.25, 0.3) is 0 Å². The van der Waals surface area contributed by atoms with Gasteiger partial charge in [0.05, 0.1) is 0 Å². The lowest BCUT2D eigenvalue weighted by Gasteiger charge is -1.98. The fourth-order valence-corrected chi connectivity index (χ4v) is 1.83. The molecule has 2 nitrogen and oxygen atoms in total. The summed E-state index contributed by atoms with van der Waals surface area (Å²) in [5.74, 6) is -0.689. The molecular formula is C15H28O2. The molecule has 0 aromatic heterocycles. The Hall–Kier alpha value is -0.790. The van der Waals surface area contributed by atoms with Crippen LogP contribution in [0.1, 0.15) is 77.6 Å². The zero-order chi connectivity index (χ0) is 12.8. The number of unbranched alkanes of at least 4 members (excludes halogenated alkanes) is 8. The lowest BCUT2D eigenvalue weighted by molar-refractivity contribution is -0.137. The third kappa shape index (κ3) is 15.2. The smallest absolute Gasteiger partial charge is 0.303 e. The summed E-state index contributed by atoms with van der Waals surface area (Å²) in [6.45, 7) is 2.25. The molecule has 1 N–H and O–H groups in total. The molecule has 0 saturated heterocycles. The van der Waals surface area contributed by atoms with Gasteiger partial charge in [-0.3, -0.25) is 4.79 Å². The Bertz CT molecular complexity index is 197. The minimum atomic E-state index is -0.689. The second-order valence-corrected chi connectivity index (χ2v) is 4.67. The van der Waals surface area contributed by atoms with Crippen LogP contribution >= 0.6 is 0 Å². The maximum atomic E-state index is 10.3. The van der Waals surface area contributed by atoms with Crippen molar-refractivity contribution in [3.63, 3.8) is 0 Å². The highest BCUT2D eigenvalue weighted by Crippen LogP contribution is 2.08. The average Bonchev–Trinajstić information content (AvgIpc) is 2.30. The molecule has 0 atom stereocenters. The number of carboxylic acids is 1. The van der Waals surface area contributed by atoms with E-state index in [1.54, 1.807) is 0 Å². The van der Waals surface area contributed by atoms with Gasteiger partial charge in [0.1, 0.15) is 0 Å². The number of aliphatic carboxylic acids is 1. The first kappa shape index (κ1) is 16.2. The lowest BCUT2D eigenvalue weighted by atomic mass is 10.1. The molecule has 0 rings (SSSR count). The fourth-order valence-electron chi connectivity index (χ4n) is 1.83. The molecule has 0 saturated carbocycles. The number of hydrogen-bond donors (Lipinski definition) is 1. The van der Waals surface area contributed by atoms with E-state index in [4.69, 9.17) is 5.11 Å². The van der Waals surface area contributed by atoms with Crippen LogP contribution in [0.2, 0.25) is 0 Å². The highest BCUT2D eigenvalue weighted by atomic mass is 16.4. The predicted molar refractivity (Wildman–Crippen MR) is 73.2 cm³/mol. The van der Waals surface area contributed by atoms with E-state index in [0.717, 1.165) is 19.3 Å². The van der Waals surface area contributed by atoms with Crippen LogP contribution in [0.15, 0.2) is 12.2 Å². The molecule has 0 spiro atoms. The summed E-state index contributed by atoms with van der Waals surface area (Å²) in [5.41, 5.74) is 0. The molecule has 0 heterocycles. The minimum Gasteiger partial charge on any atom is -0.481 e. The molecule has 2 heteroatoms. The van der Waals surface area contributed by atoms with Crippen LogP contribution in [0.5, 0.6) is 0 Å². The summed E-state index contributed by atoms with van der Waals surface area (Å²) in [5, 5.41) is 8.45. The number of carbonyl (C=O) groups is 1. The molecule has 0 amide bonds. The van der Waals surface area contributed by atoms with Crippen LogP contribution in [0.4, 0.5) is 0 Å². The van der Waals surface area contributed by atoms with Gasteiger partial charge < -0.3 is 5.11 Å². The van der Waals surface area contributed by atoms with Crippen molar-refractivity contribution in [2.75, 3.05) is 0 Å². The highest BCUT2D eigenvalue weighted by Gasteiger charge is 1.93. The van der Waals surface area contributed by atoms with Crippen LogP contribution in [0.25, 0.3) is 0 Å². The van der Waals surface area contributed by atoms with Crippen molar-refractivity contribution in [1.29, 1.82) is 0 Å². The van der Waals surface area contributed by atoms with E-state index >= 15 is 0 Å². The van der Waals surface area contributed by atoms with Gasteiger partial charge in [-0.15, -0.1) is 0 Å². The molecule has 0 aliphatic heterocycles. The normalized spacial score (nSPS) is 11.1. The third-order valence-corrected chi connectivity index (χ3v) is 2.90. The largest absolute Gasteiger partial charge is 0.481 e. The summed E-state index contributed by atoms with van der Waals surface area (Å²) < 4.78 is 0.